The Bertz CT molecular complexity index is 720. The van der Waals surface area contributed by atoms with Gasteiger partial charge < -0.3 is 4.57 Å². The van der Waals surface area contributed by atoms with E-state index in [4.69, 9.17) is 23.2 Å². The summed E-state index contributed by atoms with van der Waals surface area (Å²) in [4.78, 5) is 8.17. The quantitative estimate of drug-likeness (QED) is 0.498. The highest BCUT2D eigenvalue weighted by molar-refractivity contribution is 6.35. The van der Waals surface area contributed by atoms with Gasteiger partial charge in [0.1, 0.15) is 10.8 Å². The molecule has 1 aromatic carbocycles. The maximum absolute atomic E-state index is 6.09. The average molecular weight is 278 g/mol. The van der Waals surface area contributed by atoms with E-state index in [1.165, 1.54) is 0 Å². The van der Waals surface area contributed by atoms with Gasteiger partial charge in [-0.2, -0.15) is 4.98 Å². The van der Waals surface area contributed by atoms with Gasteiger partial charge >= 0.3 is 0 Å². The Labute approximate surface area is 114 Å². The standard InChI is InChI=1S/C13H9Cl2N3/c1-18-10(8-5-3-2-4-6-8)7-9-11(14)16-13(15)17-12(9)18/h2-7H,1H3. The summed E-state index contributed by atoms with van der Waals surface area (Å²) >= 11 is 11.9. The molecule has 0 aliphatic rings. The van der Waals surface area contributed by atoms with Gasteiger partial charge in [0, 0.05) is 7.05 Å². The van der Waals surface area contributed by atoms with Crippen molar-refractivity contribution in [3.63, 3.8) is 0 Å². The van der Waals surface area contributed by atoms with Crippen LogP contribution in [0.25, 0.3) is 22.3 Å². The number of aromatic nitrogens is 3. The van der Waals surface area contributed by atoms with Gasteiger partial charge in [-0.3, -0.25) is 0 Å². The predicted octanol–water partition coefficient (Wildman–Crippen LogP) is 3.94. The van der Waals surface area contributed by atoms with Crippen LogP contribution in [0, 0.1) is 0 Å². The zero-order chi connectivity index (χ0) is 12.7. The van der Waals surface area contributed by atoms with Crippen LogP contribution in [0.2, 0.25) is 10.4 Å². The van der Waals surface area contributed by atoms with E-state index in [2.05, 4.69) is 9.97 Å². The summed E-state index contributed by atoms with van der Waals surface area (Å²) in [5, 5.41) is 1.35. The molecule has 0 radical (unpaired) electrons. The lowest BCUT2D eigenvalue weighted by Crippen LogP contribution is -1.94. The van der Waals surface area contributed by atoms with E-state index in [1.807, 2.05) is 48.0 Å². The lowest BCUT2D eigenvalue weighted by atomic mass is 10.1. The van der Waals surface area contributed by atoms with E-state index in [0.717, 1.165) is 22.3 Å². The van der Waals surface area contributed by atoms with Gasteiger partial charge in [-0.25, -0.2) is 4.98 Å². The Balaban J connectivity index is 2.33. The number of benzene rings is 1. The van der Waals surface area contributed by atoms with E-state index >= 15 is 0 Å². The molecule has 0 saturated heterocycles. The van der Waals surface area contributed by atoms with Gasteiger partial charge in [-0.05, 0) is 23.2 Å². The van der Waals surface area contributed by atoms with Gasteiger partial charge in [0.2, 0.25) is 5.28 Å². The largest absolute Gasteiger partial charge is 0.328 e. The summed E-state index contributed by atoms with van der Waals surface area (Å²) in [7, 11) is 1.93. The summed E-state index contributed by atoms with van der Waals surface area (Å²) < 4.78 is 1.96. The van der Waals surface area contributed by atoms with Crippen LogP contribution in [0.1, 0.15) is 0 Å². The van der Waals surface area contributed by atoms with E-state index < -0.39 is 0 Å². The number of hydrogen-bond acceptors (Lipinski definition) is 2. The maximum Gasteiger partial charge on any atom is 0.225 e. The molecule has 2 heterocycles. The van der Waals surface area contributed by atoms with Crippen LogP contribution in [0.4, 0.5) is 0 Å². The van der Waals surface area contributed by atoms with Crippen molar-refractivity contribution in [3.8, 4) is 11.3 Å². The second kappa shape index (κ2) is 4.26. The molecule has 0 amide bonds. The van der Waals surface area contributed by atoms with E-state index in [9.17, 15) is 0 Å². The molecule has 3 nitrogen and oxygen atoms in total. The van der Waals surface area contributed by atoms with Gasteiger partial charge in [0.15, 0.2) is 0 Å². The van der Waals surface area contributed by atoms with Crippen LogP contribution >= 0.6 is 23.2 Å². The number of halogens is 2. The van der Waals surface area contributed by atoms with Crippen molar-refractivity contribution in [2.24, 2.45) is 7.05 Å². The van der Waals surface area contributed by atoms with Crippen molar-refractivity contribution in [2.75, 3.05) is 0 Å². The Hall–Kier alpha value is -1.58. The number of rotatable bonds is 1. The SMILES string of the molecule is Cn1c(-c2ccccc2)cc2c(Cl)nc(Cl)nc21. The Morgan fingerprint density at radius 3 is 2.50 bits per heavy atom. The second-order valence-corrected chi connectivity index (χ2v) is 4.67. The minimum Gasteiger partial charge on any atom is -0.328 e. The predicted molar refractivity (Wildman–Crippen MR) is 74.0 cm³/mol. The molecule has 0 spiro atoms. The zero-order valence-corrected chi connectivity index (χ0v) is 11.1. The molecule has 5 heteroatoms. The average Bonchev–Trinajstić information content (AvgIpc) is 2.69. The fourth-order valence-electron chi connectivity index (χ4n) is 2.02. The molecular weight excluding hydrogens is 269 g/mol. The van der Waals surface area contributed by atoms with Crippen molar-refractivity contribution >= 4 is 34.2 Å². The molecule has 90 valence electrons. The monoisotopic (exact) mass is 277 g/mol. The molecule has 0 saturated carbocycles. The van der Waals surface area contributed by atoms with Crippen LogP contribution in [-0.2, 0) is 7.05 Å². The first kappa shape index (κ1) is 11.5. The number of fused-ring (bicyclic) bond motifs is 1. The Kier molecular flexibility index (Phi) is 2.73. The van der Waals surface area contributed by atoms with E-state index in [-0.39, 0.29) is 5.28 Å². The maximum atomic E-state index is 6.09. The van der Waals surface area contributed by atoms with Crippen LogP contribution in [-0.4, -0.2) is 14.5 Å². The Morgan fingerprint density at radius 1 is 1.06 bits per heavy atom. The first-order valence-electron chi connectivity index (χ1n) is 5.40. The topological polar surface area (TPSA) is 30.7 Å². The van der Waals surface area contributed by atoms with Crippen LogP contribution < -0.4 is 0 Å². The fourth-order valence-corrected chi connectivity index (χ4v) is 2.45. The van der Waals surface area contributed by atoms with Crippen LogP contribution in [0.3, 0.4) is 0 Å². The van der Waals surface area contributed by atoms with Crippen molar-refractivity contribution < 1.29 is 0 Å². The summed E-state index contributed by atoms with van der Waals surface area (Å²) in [5.74, 6) is 0. The van der Waals surface area contributed by atoms with Gasteiger partial charge in [0.25, 0.3) is 0 Å². The molecule has 0 fully saturated rings. The number of hydrogen-bond donors (Lipinski definition) is 0. The first-order chi connectivity index (χ1) is 8.66. The molecular formula is C13H9Cl2N3. The van der Waals surface area contributed by atoms with E-state index in [1.54, 1.807) is 0 Å². The Morgan fingerprint density at radius 2 is 1.78 bits per heavy atom. The number of aryl methyl sites for hydroxylation is 1. The minimum absolute atomic E-state index is 0.160. The van der Waals surface area contributed by atoms with Crippen LogP contribution in [0.5, 0.6) is 0 Å². The molecule has 18 heavy (non-hydrogen) atoms. The zero-order valence-electron chi connectivity index (χ0n) is 9.56. The third kappa shape index (κ3) is 1.76. The smallest absolute Gasteiger partial charge is 0.225 e. The molecule has 0 aliphatic carbocycles. The minimum atomic E-state index is 0.160. The molecule has 0 unspecified atom stereocenters. The highest BCUT2D eigenvalue weighted by atomic mass is 35.5. The molecule has 3 rings (SSSR count). The van der Waals surface area contributed by atoms with Crippen molar-refractivity contribution in [1.29, 1.82) is 0 Å². The van der Waals surface area contributed by atoms with Gasteiger partial charge in [-0.1, -0.05) is 41.9 Å². The highest BCUT2D eigenvalue weighted by Gasteiger charge is 2.13. The third-order valence-corrected chi connectivity index (χ3v) is 3.34. The number of nitrogens with zero attached hydrogens (tertiary/aromatic N) is 3. The molecule has 3 aromatic rings. The van der Waals surface area contributed by atoms with Crippen LogP contribution in [0.15, 0.2) is 36.4 Å². The van der Waals surface area contributed by atoms with Gasteiger partial charge in [0.05, 0.1) is 11.1 Å². The fraction of sp³-hybridized carbons (Fsp3) is 0.0769. The molecule has 2 aromatic heterocycles. The molecule has 0 atom stereocenters. The lowest BCUT2D eigenvalue weighted by molar-refractivity contribution is 0.952. The molecule has 0 N–H and O–H groups in total. The van der Waals surface area contributed by atoms with Gasteiger partial charge in [-0.15, -0.1) is 0 Å². The lowest BCUT2D eigenvalue weighted by Gasteiger charge is -2.03. The van der Waals surface area contributed by atoms with Crippen molar-refractivity contribution in [3.05, 3.63) is 46.8 Å². The van der Waals surface area contributed by atoms with Crippen molar-refractivity contribution in [2.45, 2.75) is 0 Å². The van der Waals surface area contributed by atoms with E-state index in [0.29, 0.717) is 5.15 Å². The normalized spacial score (nSPS) is 11.1. The summed E-state index contributed by atoms with van der Waals surface area (Å²) in [6, 6.07) is 12.0. The molecule has 0 aliphatic heterocycles. The summed E-state index contributed by atoms with van der Waals surface area (Å²) in [5.41, 5.74) is 2.87. The first-order valence-corrected chi connectivity index (χ1v) is 6.16. The molecule has 0 bridgehead atoms. The van der Waals surface area contributed by atoms with Crippen molar-refractivity contribution in [1.82, 2.24) is 14.5 Å². The third-order valence-electron chi connectivity index (χ3n) is 2.88. The summed E-state index contributed by atoms with van der Waals surface area (Å²) in [6.45, 7) is 0. The summed E-state index contributed by atoms with van der Waals surface area (Å²) in [6.07, 6.45) is 0. The second-order valence-electron chi connectivity index (χ2n) is 3.98. The highest BCUT2D eigenvalue weighted by Crippen LogP contribution is 2.30.